The fourth-order valence-electron chi connectivity index (χ4n) is 2.75. The number of pyridine rings is 2. The molecule has 0 unspecified atom stereocenters. The lowest BCUT2D eigenvalue weighted by atomic mass is 9.93. The van der Waals surface area contributed by atoms with Crippen LogP contribution >= 0.6 is 0 Å². The molecule has 2 heterocycles. The smallest absolute Gasteiger partial charge is 0.257 e. The van der Waals surface area contributed by atoms with Crippen molar-refractivity contribution in [2.24, 2.45) is 11.7 Å². The summed E-state index contributed by atoms with van der Waals surface area (Å²) in [5.74, 6) is 1.47. The van der Waals surface area contributed by atoms with E-state index in [9.17, 15) is 0 Å². The highest BCUT2D eigenvalue weighted by atomic mass is 16.5. The maximum absolute atomic E-state index is 6.06. The average Bonchev–Trinajstić information content (AvgIpc) is 2.51. The second-order valence-electron chi connectivity index (χ2n) is 7.03. The Labute approximate surface area is 144 Å². The molecule has 0 saturated heterocycles. The maximum atomic E-state index is 6.06. The third-order valence-electron chi connectivity index (χ3n) is 3.65. The van der Waals surface area contributed by atoms with Gasteiger partial charge < -0.3 is 15.2 Å². The van der Waals surface area contributed by atoms with Crippen LogP contribution in [0.4, 0.5) is 0 Å². The topological polar surface area (TPSA) is 70.3 Å². The number of rotatable bonds is 7. The molecule has 0 amide bonds. The van der Waals surface area contributed by atoms with E-state index in [1.807, 2.05) is 39.0 Å². The van der Waals surface area contributed by atoms with Crippen LogP contribution in [-0.2, 0) is 0 Å². The van der Waals surface area contributed by atoms with Gasteiger partial charge in [0.15, 0.2) is 5.75 Å². The SMILES string of the molecule is COc1cc(-c2ccnc(C)c2)cnc1OC[C@@H](C)CC(C)(C)N. The van der Waals surface area contributed by atoms with Gasteiger partial charge >= 0.3 is 0 Å². The molecule has 0 spiro atoms. The first kappa shape index (κ1) is 18.2. The van der Waals surface area contributed by atoms with E-state index < -0.39 is 0 Å². The summed E-state index contributed by atoms with van der Waals surface area (Å²) in [6.45, 7) is 8.68. The van der Waals surface area contributed by atoms with Crippen molar-refractivity contribution in [2.45, 2.75) is 39.7 Å². The molecule has 5 heteroatoms. The lowest BCUT2D eigenvalue weighted by Gasteiger charge is -2.23. The van der Waals surface area contributed by atoms with Crippen molar-refractivity contribution in [1.29, 1.82) is 0 Å². The summed E-state index contributed by atoms with van der Waals surface area (Å²) in [5, 5.41) is 0. The highest BCUT2D eigenvalue weighted by Gasteiger charge is 2.17. The largest absolute Gasteiger partial charge is 0.491 e. The molecule has 1 atom stereocenters. The lowest BCUT2D eigenvalue weighted by Crippen LogP contribution is -2.35. The van der Waals surface area contributed by atoms with Crippen molar-refractivity contribution in [2.75, 3.05) is 13.7 Å². The van der Waals surface area contributed by atoms with E-state index in [2.05, 4.69) is 16.9 Å². The number of aromatic nitrogens is 2. The van der Waals surface area contributed by atoms with Crippen molar-refractivity contribution in [3.63, 3.8) is 0 Å². The highest BCUT2D eigenvalue weighted by molar-refractivity contribution is 5.65. The summed E-state index contributed by atoms with van der Waals surface area (Å²) in [6, 6.07) is 5.91. The van der Waals surface area contributed by atoms with E-state index in [1.54, 1.807) is 19.5 Å². The van der Waals surface area contributed by atoms with Gasteiger partial charge in [0.2, 0.25) is 0 Å². The van der Waals surface area contributed by atoms with Crippen LogP contribution in [-0.4, -0.2) is 29.2 Å². The van der Waals surface area contributed by atoms with Gasteiger partial charge in [0.25, 0.3) is 5.88 Å². The molecule has 2 N–H and O–H groups in total. The van der Waals surface area contributed by atoms with E-state index in [1.165, 1.54) is 0 Å². The quantitative estimate of drug-likeness (QED) is 0.840. The normalized spacial score (nSPS) is 12.8. The molecule has 130 valence electrons. The maximum Gasteiger partial charge on any atom is 0.257 e. The van der Waals surface area contributed by atoms with Crippen LogP contribution in [0.5, 0.6) is 11.6 Å². The Kier molecular flexibility index (Phi) is 5.78. The van der Waals surface area contributed by atoms with E-state index in [0.717, 1.165) is 23.2 Å². The first-order chi connectivity index (χ1) is 11.3. The summed E-state index contributed by atoms with van der Waals surface area (Å²) in [4.78, 5) is 8.64. The molecule has 0 aliphatic rings. The molecule has 2 rings (SSSR count). The third kappa shape index (κ3) is 5.20. The first-order valence-corrected chi connectivity index (χ1v) is 8.17. The van der Waals surface area contributed by atoms with Crippen LogP contribution in [0.2, 0.25) is 0 Å². The average molecular weight is 329 g/mol. The van der Waals surface area contributed by atoms with Crippen molar-refractivity contribution in [3.05, 3.63) is 36.3 Å². The van der Waals surface area contributed by atoms with Gasteiger partial charge in [-0.1, -0.05) is 6.92 Å². The van der Waals surface area contributed by atoms with E-state index in [-0.39, 0.29) is 5.54 Å². The molecule has 0 aromatic carbocycles. The summed E-state index contributed by atoms with van der Waals surface area (Å²) in [7, 11) is 1.62. The first-order valence-electron chi connectivity index (χ1n) is 8.17. The molecule has 2 aromatic rings. The molecule has 0 aliphatic heterocycles. The van der Waals surface area contributed by atoms with E-state index in [4.69, 9.17) is 15.2 Å². The minimum absolute atomic E-state index is 0.205. The lowest BCUT2D eigenvalue weighted by molar-refractivity contribution is 0.214. The summed E-state index contributed by atoms with van der Waals surface area (Å²) >= 11 is 0. The zero-order valence-corrected chi connectivity index (χ0v) is 15.2. The molecule has 0 saturated carbocycles. The molecule has 5 nitrogen and oxygen atoms in total. The Morgan fingerprint density at radius 3 is 2.58 bits per heavy atom. The zero-order valence-electron chi connectivity index (χ0n) is 15.2. The Bertz CT molecular complexity index is 681. The number of aryl methyl sites for hydroxylation is 1. The number of hydrogen-bond donors (Lipinski definition) is 1. The fourth-order valence-corrected chi connectivity index (χ4v) is 2.75. The number of hydrogen-bond acceptors (Lipinski definition) is 5. The van der Waals surface area contributed by atoms with Gasteiger partial charge in [0.1, 0.15) is 0 Å². The van der Waals surface area contributed by atoms with Crippen LogP contribution in [0.3, 0.4) is 0 Å². The molecule has 0 bridgehead atoms. The Morgan fingerprint density at radius 2 is 1.96 bits per heavy atom. The van der Waals surface area contributed by atoms with Crippen LogP contribution in [0, 0.1) is 12.8 Å². The predicted octanol–water partition coefficient (Wildman–Crippen LogP) is 3.60. The third-order valence-corrected chi connectivity index (χ3v) is 3.65. The molecule has 24 heavy (non-hydrogen) atoms. The zero-order chi connectivity index (χ0) is 17.7. The van der Waals surface area contributed by atoms with Crippen LogP contribution in [0.25, 0.3) is 11.1 Å². The molecule has 0 radical (unpaired) electrons. The van der Waals surface area contributed by atoms with Crippen LogP contribution < -0.4 is 15.2 Å². The van der Waals surface area contributed by atoms with Crippen LogP contribution in [0.15, 0.2) is 30.6 Å². The van der Waals surface area contributed by atoms with Gasteiger partial charge in [-0.25, -0.2) is 4.98 Å². The number of nitrogens with zero attached hydrogens (tertiary/aromatic N) is 2. The Hall–Kier alpha value is -2.14. The summed E-state index contributed by atoms with van der Waals surface area (Å²) < 4.78 is 11.3. The van der Waals surface area contributed by atoms with E-state index in [0.29, 0.717) is 24.2 Å². The molecule has 0 aliphatic carbocycles. The summed E-state index contributed by atoms with van der Waals surface area (Å²) in [6.07, 6.45) is 4.46. The fraction of sp³-hybridized carbons (Fsp3) is 0.474. The minimum Gasteiger partial charge on any atom is -0.491 e. The number of nitrogens with two attached hydrogens (primary N) is 1. The highest BCUT2D eigenvalue weighted by Crippen LogP contribution is 2.30. The van der Waals surface area contributed by atoms with Crippen molar-refractivity contribution < 1.29 is 9.47 Å². The van der Waals surface area contributed by atoms with Gasteiger partial charge in [-0.3, -0.25) is 4.98 Å². The van der Waals surface area contributed by atoms with Gasteiger partial charge in [0, 0.05) is 29.2 Å². The van der Waals surface area contributed by atoms with Gasteiger partial charge in [-0.05, 0) is 56.9 Å². The number of methoxy groups -OCH3 is 1. The standard InChI is InChI=1S/C19H27N3O2/c1-13(10-19(3,4)20)12-24-18-17(23-5)9-16(11-22-18)15-6-7-21-14(2)8-15/h6-9,11,13H,10,12,20H2,1-5H3/t13-/m0/s1. The van der Waals surface area contributed by atoms with Crippen molar-refractivity contribution >= 4 is 0 Å². The predicted molar refractivity (Wildman–Crippen MR) is 96.3 cm³/mol. The molecular weight excluding hydrogens is 302 g/mol. The summed E-state index contributed by atoms with van der Waals surface area (Å²) in [5.41, 5.74) is 8.84. The van der Waals surface area contributed by atoms with Crippen LogP contribution in [0.1, 0.15) is 32.9 Å². The Morgan fingerprint density at radius 1 is 1.21 bits per heavy atom. The minimum atomic E-state index is -0.205. The van der Waals surface area contributed by atoms with Gasteiger partial charge in [-0.2, -0.15) is 0 Å². The Balaban J connectivity index is 2.12. The van der Waals surface area contributed by atoms with Crippen molar-refractivity contribution in [3.8, 4) is 22.8 Å². The van der Waals surface area contributed by atoms with Crippen molar-refractivity contribution in [1.82, 2.24) is 9.97 Å². The van der Waals surface area contributed by atoms with E-state index >= 15 is 0 Å². The molecular formula is C19H27N3O2. The molecule has 2 aromatic heterocycles. The monoisotopic (exact) mass is 329 g/mol. The molecule has 0 fully saturated rings. The number of ether oxygens (including phenoxy) is 2. The second kappa shape index (κ2) is 7.62. The second-order valence-corrected chi connectivity index (χ2v) is 7.03. The van der Waals surface area contributed by atoms with Gasteiger partial charge in [-0.15, -0.1) is 0 Å². The van der Waals surface area contributed by atoms with Gasteiger partial charge in [0.05, 0.1) is 13.7 Å².